The molecule has 0 aliphatic carbocycles. The smallest absolute Gasteiger partial charge is 0.323 e. The van der Waals surface area contributed by atoms with Crippen LogP contribution in [0.3, 0.4) is 0 Å². The normalized spacial score (nSPS) is 9.85. The number of hydrogen-bond donors (Lipinski definition) is 3. The number of hydrogen-bond acceptors (Lipinski definition) is 3. The van der Waals surface area contributed by atoms with Crippen LogP contribution in [-0.4, -0.2) is 18.4 Å². The van der Waals surface area contributed by atoms with Crippen molar-refractivity contribution < 1.29 is 9.59 Å². The molecule has 0 spiro atoms. The second-order valence-corrected chi connectivity index (χ2v) is 2.87. The molecule has 0 saturated heterocycles. The SMILES string of the molecule is CCC(CC)CNC(=O)C(=O)NN. The summed E-state index contributed by atoms with van der Waals surface area (Å²) >= 11 is 0. The number of amides is 2. The number of hydrazine groups is 1. The zero-order valence-electron chi connectivity index (χ0n) is 8.09. The molecule has 0 saturated carbocycles. The van der Waals surface area contributed by atoms with Crippen LogP contribution < -0.4 is 16.6 Å². The fourth-order valence-electron chi connectivity index (χ4n) is 0.960. The molecule has 5 nitrogen and oxygen atoms in total. The lowest BCUT2D eigenvalue weighted by molar-refractivity contribution is -0.139. The van der Waals surface area contributed by atoms with Gasteiger partial charge < -0.3 is 5.32 Å². The summed E-state index contributed by atoms with van der Waals surface area (Å²) in [6.07, 6.45) is 1.97. The van der Waals surface area contributed by atoms with Gasteiger partial charge in [0.1, 0.15) is 0 Å². The van der Waals surface area contributed by atoms with Crippen LogP contribution >= 0.6 is 0 Å². The second-order valence-electron chi connectivity index (χ2n) is 2.87. The molecule has 0 aromatic carbocycles. The van der Waals surface area contributed by atoms with Crippen LogP contribution in [0.5, 0.6) is 0 Å². The maximum absolute atomic E-state index is 10.9. The van der Waals surface area contributed by atoms with Crippen molar-refractivity contribution >= 4 is 11.8 Å². The minimum Gasteiger partial charge on any atom is -0.348 e. The fourth-order valence-corrected chi connectivity index (χ4v) is 0.960. The molecule has 0 aromatic heterocycles. The van der Waals surface area contributed by atoms with Crippen LogP contribution in [0.4, 0.5) is 0 Å². The van der Waals surface area contributed by atoms with Gasteiger partial charge in [-0.05, 0) is 5.92 Å². The highest BCUT2D eigenvalue weighted by Crippen LogP contribution is 2.04. The summed E-state index contributed by atoms with van der Waals surface area (Å²) in [5.41, 5.74) is 1.77. The van der Waals surface area contributed by atoms with Crippen molar-refractivity contribution in [2.45, 2.75) is 26.7 Å². The van der Waals surface area contributed by atoms with E-state index in [1.54, 1.807) is 5.43 Å². The molecule has 0 aliphatic heterocycles. The van der Waals surface area contributed by atoms with Crippen molar-refractivity contribution in [1.82, 2.24) is 10.7 Å². The number of carbonyl (C=O) groups is 2. The first kappa shape index (κ1) is 11.9. The average Bonchev–Trinajstić information content (AvgIpc) is 2.17. The predicted octanol–water partition coefficient (Wildman–Crippen LogP) is -0.471. The molecule has 5 heteroatoms. The summed E-state index contributed by atoms with van der Waals surface area (Å²) in [5.74, 6) is 3.74. The van der Waals surface area contributed by atoms with Gasteiger partial charge in [-0.3, -0.25) is 15.0 Å². The van der Waals surface area contributed by atoms with Gasteiger partial charge in [0.25, 0.3) is 0 Å². The minimum absolute atomic E-state index is 0.425. The van der Waals surface area contributed by atoms with Gasteiger partial charge in [-0.15, -0.1) is 0 Å². The van der Waals surface area contributed by atoms with Gasteiger partial charge in [0.2, 0.25) is 0 Å². The van der Waals surface area contributed by atoms with Gasteiger partial charge in [0, 0.05) is 6.54 Å². The van der Waals surface area contributed by atoms with Crippen molar-refractivity contribution in [2.75, 3.05) is 6.54 Å². The van der Waals surface area contributed by atoms with Crippen LogP contribution in [0.1, 0.15) is 26.7 Å². The molecular weight excluding hydrogens is 170 g/mol. The first-order valence-corrected chi connectivity index (χ1v) is 4.44. The Bertz CT molecular complexity index is 178. The van der Waals surface area contributed by atoms with E-state index in [1.807, 2.05) is 13.8 Å². The van der Waals surface area contributed by atoms with Gasteiger partial charge in [-0.1, -0.05) is 26.7 Å². The number of nitrogens with two attached hydrogens (primary N) is 1. The van der Waals surface area contributed by atoms with Gasteiger partial charge in [-0.2, -0.15) is 0 Å². The molecule has 0 aliphatic rings. The highest BCUT2D eigenvalue weighted by Gasteiger charge is 2.12. The summed E-state index contributed by atoms with van der Waals surface area (Å²) in [5, 5.41) is 2.50. The quantitative estimate of drug-likeness (QED) is 0.241. The van der Waals surface area contributed by atoms with E-state index in [9.17, 15) is 9.59 Å². The Morgan fingerprint density at radius 1 is 1.23 bits per heavy atom. The highest BCUT2D eigenvalue weighted by atomic mass is 16.2. The predicted molar refractivity (Wildman–Crippen MR) is 49.4 cm³/mol. The molecule has 2 amide bonds. The molecule has 0 rings (SSSR count). The molecule has 0 bridgehead atoms. The van der Waals surface area contributed by atoms with Crippen LogP contribution in [0.25, 0.3) is 0 Å². The third kappa shape index (κ3) is 4.47. The van der Waals surface area contributed by atoms with E-state index in [2.05, 4.69) is 5.32 Å². The summed E-state index contributed by atoms with van der Waals surface area (Å²) in [6.45, 7) is 4.62. The second kappa shape index (κ2) is 6.42. The van der Waals surface area contributed by atoms with E-state index in [1.165, 1.54) is 0 Å². The summed E-state index contributed by atoms with van der Waals surface area (Å²) in [6, 6.07) is 0. The van der Waals surface area contributed by atoms with Crippen molar-refractivity contribution in [3.63, 3.8) is 0 Å². The molecule has 0 atom stereocenters. The molecule has 13 heavy (non-hydrogen) atoms. The number of nitrogens with one attached hydrogen (secondary N) is 2. The molecule has 4 N–H and O–H groups in total. The van der Waals surface area contributed by atoms with E-state index >= 15 is 0 Å². The van der Waals surface area contributed by atoms with Crippen molar-refractivity contribution in [1.29, 1.82) is 0 Å². The van der Waals surface area contributed by atoms with E-state index in [-0.39, 0.29) is 0 Å². The summed E-state index contributed by atoms with van der Waals surface area (Å²) in [4.78, 5) is 21.6. The zero-order chi connectivity index (χ0) is 10.3. The Morgan fingerprint density at radius 3 is 2.15 bits per heavy atom. The standard InChI is InChI=1S/C8H17N3O2/c1-3-6(4-2)5-10-7(12)8(13)11-9/h6H,3-5,9H2,1-2H3,(H,10,12)(H,11,13). The van der Waals surface area contributed by atoms with Crippen LogP contribution in [0.2, 0.25) is 0 Å². The van der Waals surface area contributed by atoms with E-state index in [0.29, 0.717) is 12.5 Å². The molecule has 0 fully saturated rings. The topological polar surface area (TPSA) is 84.2 Å². The molecule has 76 valence electrons. The minimum atomic E-state index is -0.800. The monoisotopic (exact) mass is 187 g/mol. The Balaban J connectivity index is 3.74. The van der Waals surface area contributed by atoms with Crippen LogP contribution in [0.15, 0.2) is 0 Å². The Kier molecular flexibility index (Phi) is 5.88. The average molecular weight is 187 g/mol. The van der Waals surface area contributed by atoms with Gasteiger partial charge in [0.05, 0.1) is 0 Å². The van der Waals surface area contributed by atoms with Crippen molar-refractivity contribution in [3.8, 4) is 0 Å². The van der Waals surface area contributed by atoms with E-state index in [0.717, 1.165) is 12.8 Å². The lowest BCUT2D eigenvalue weighted by Crippen LogP contribution is -2.44. The third-order valence-electron chi connectivity index (χ3n) is 2.04. The maximum Gasteiger partial charge on any atom is 0.323 e. The Labute approximate surface area is 78.0 Å². The van der Waals surface area contributed by atoms with Crippen molar-refractivity contribution in [2.24, 2.45) is 11.8 Å². The zero-order valence-corrected chi connectivity index (χ0v) is 8.09. The molecule has 0 heterocycles. The number of carbonyl (C=O) groups excluding carboxylic acids is 2. The molecule has 0 aromatic rings. The number of rotatable bonds is 4. The Morgan fingerprint density at radius 2 is 1.77 bits per heavy atom. The van der Waals surface area contributed by atoms with Crippen LogP contribution in [0, 0.1) is 5.92 Å². The van der Waals surface area contributed by atoms with Gasteiger partial charge >= 0.3 is 11.8 Å². The van der Waals surface area contributed by atoms with E-state index in [4.69, 9.17) is 5.84 Å². The van der Waals surface area contributed by atoms with E-state index < -0.39 is 11.8 Å². The molecule has 0 unspecified atom stereocenters. The summed E-state index contributed by atoms with van der Waals surface area (Å²) in [7, 11) is 0. The largest absolute Gasteiger partial charge is 0.348 e. The fraction of sp³-hybridized carbons (Fsp3) is 0.750. The van der Waals surface area contributed by atoms with Gasteiger partial charge in [0.15, 0.2) is 0 Å². The van der Waals surface area contributed by atoms with Crippen LogP contribution in [-0.2, 0) is 9.59 Å². The summed E-state index contributed by atoms with van der Waals surface area (Å²) < 4.78 is 0. The van der Waals surface area contributed by atoms with Gasteiger partial charge in [-0.25, -0.2) is 5.84 Å². The molecular formula is C8H17N3O2. The highest BCUT2D eigenvalue weighted by molar-refractivity contribution is 6.34. The lowest BCUT2D eigenvalue weighted by atomic mass is 10.0. The molecule has 0 radical (unpaired) electrons. The lowest BCUT2D eigenvalue weighted by Gasteiger charge is -2.12. The first-order valence-electron chi connectivity index (χ1n) is 4.44. The first-order chi connectivity index (χ1) is 6.15. The Hall–Kier alpha value is -1.10. The third-order valence-corrected chi connectivity index (χ3v) is 2.04. The maximum atomic E-state index is 10.9. The van der Waals surface area contributed by atoms with Crippen molar-refractivity contribution in [3.05, 3.63) is 0 Å².